The van der Waals surface area contributed by atoms with Crippen molar-refractivity contribution in [3.8, 4) is 0 Å². The smallest absolute Gasteiger partial charge is 0.269 e. The van der Waals surface area contributed by atoms with Gasteiger partial charge in [-0.15, -0.1) is 0 Å². The van der Waals surface area contributed by atoms with Crippen molar-refractivity contribution in [3.63, 3.8) is 0 Å². The van der Waals surface area contributed by atoms with Crippen LogP contribution in [0.15, 0.2) is 95.9 Å². The molecule has 150 valence electrons. The van der Waals surface area contributed by atoms with E-state index in [1.54, 1.807) is 6.07 Å². The van der Waals surface area contributed by atoms with E-state index in [4.69, 9.17) is 0 Å². The molecule has 0 unspecified atom stereocenters. The van der Waals surface area contributed by atoms with Crippen molar-refractivity contribution in [1.82, 2.24) is 14.9 Å². The number of rotatable bonds is 7. The van der Waals surface area contributed by atoms with Crippen LogP contribution in [-0.4, -0.2) is 22.0 Å². The van der Waals surface area contributed by atoms with Crippen LogP contribution in [0.2, 0.25) is 0 Å². The lowest BCUT2D eigenvalue weighted by atomic mass is 9.88. The van der Waals surface area contributed by atoms with Gasteiger partial charge in [0.25, 0.3) is 5.56 Å². The molecule has 0 fully saturated rings. The summed E-state index contributed by atoms with van der Waals surface area (Å²) in [5.41, 5.74) is 3.50. The zero-order valence-electron chi connectivity index (χ0n) is 16.6. The van der Waals surface area contributed by atoms with Crippen LogP contribution in [0.1, 0.15) is 23.5 Å². The van der Waals surface area contributed by atoms with Gasteiger partial charge in [-0.1, -0.05) is 72.8 Å². The van der Waals surface area contributed by atoms with Crippen molar-refractivity contribution in [3.05, 3.63) is 113 Å². The molecule has 0 spiro atoms. The maximum atomic E-state index is 12.6. The van der Waals surface area contributed by atoms with Crippen molar-refractivity contribution in [2.75, 3.05) is 6.54 Å². The van der Waals surface area contributed by atoms with Gasteiger partial charge in [0.15, 0.2) is 0 Å². The number of aromatic nitrogens is 2. The summed E-state index contributed by atoms with van der Waals surface area (Å²) >= 11 is 0. The fourth-order valence-electron chi connectivity index (χ4n) is 3.73. The van der Waals surface area contributed by atoms with Gasteiger partial charge in [-0.05, 0) is 29.7 Å². The molecule has 30 heavy (non-hydrogen) atoms. The Morgan fingerprint density at radius 3 is 2.13 bits per heavy atom. The van der Waals surface area contributed by atoms with E-state index in [9.17, 15) is 9.59 Å². The lowest BCUT2D eigenvalue weighted by Crippen LogP contribution is -2.33. The number of hydrogen-bond donors (Lipinski definition) is 1. The largest absolute Gasteiger partial charge is 0.355 e. The number of amides is 1. The van der Waals surface area contributed by atoms with E-state index in [1.807, 2.05) is 54.6 Å². The van der Waals surface area contributed by atoms with Gasteiger partial charge in [-0.2, -0.15) is 0 Å². The number of benzene rings is 3. The monoisotopic (exact) mass is 397 g/mol. The molecule has 5 heteroatoms. The van der Waals surface area contributed by atoms with Gasteiger partial charge in [-0.25, -0.2) is 4.98 Å². The van der Waals surface area contributed by atoms with Crippen LogP contribution in [0.5, 0.6) is 0 Å². The first-order chi connectivity index (χ1) is 14.7. The first kappa shape index (κ1) is 19.6. The minimum Gasteiger partial charge on any atom is -0.355 e. The molecule has 0 bridgehead atoms. The molecule has 5 nitrogen and oxygen atoms in total. The zero-order valence-corrected chi connectivity index (χ0v) is 16.6. The standard InChI is InChI=1S/C25H23N3O2/c29-24(18-28-23-14-8-7-13-22(23)27-17-25(28)30)26-16-15-21(19-9-3-1-4-10-19)20-11-5-2-6-12-20/h1-14,17,21H,15-16,18H2,(H,26,29). The third-order valence-corrected chi connectivity index (χ3v) is 5.21. The molecule has 3 aromatic carbocycles. The highest BCUT2D eigenvalue weighted by Gasteiger charge is 2.15. The molecular weight excluding hydrogens is 374 g/mol. The van der Waals surface area contributed by atoms with Gasteiger partial charge >= 0.3 is 0 Å². The number of nitrogens with zero attached hydrogens (tertiary/aromatic N) is 2. The Morgan fingerprint density at radius 2 is 1.47 bits per heavy atom. The number of para-hydroxylation sites is 2. The Labute approximate surface area is 175 Å². The lowest BCUT2D eigenvalue weighted by molar-refractivity contribution is -0.121. The van der Waals surface area contributed by atoms with Gasteiger partial charge in [-0.3, -0.25) is 14.2 Å². The Balaban J connectivity index is 1.45. The fourth-order valence-corrected chi connectivity index (χ4v) is 3.73. The van der Waals surface area contributed by atoms with Crippen LogP contribution in [0.3, 0.4) is 0 Å². The van der Waals surface area contributed by atoms with Crippen LogP contribution in [0, 0.1) is 0 Å². The summed E-state index contributed by atoms with van der Waals surface area (Å²) in [6.07, 6.45) is 2.03. The molecule has 0 saturated carbocycles. The van der Waals surface area contributed by atoms with E-state index in [-0.39, 0.29) is 23.9 Å². The molecule has 4 aromatic rings. The molecule has 1 heterocycles. The summed E-state index contributed by atoms with van der Waals surface area (Å²) < 4.78 is 1.46. The van der Waals surface area contributed by atoms with Crippen molar-refractivity contribution in [1.29, 1.82) is 0 Å². The predicted octanol–water partition coefficient (Wildman–Crippen LogP) is 3.73. The van der Waals surface area contributed by atoms with Crippen LogP contribution in [-0.2, 0) is 11.3 Å². The molecule has 0 saturated heterocycles. The Kier molecular flexibility index (Phi) is 5.99. The minimum atomic E-state index is -0.282. The highest BCUT2D eigenvalue weighted by atomic mass is 16.2. The van der Waals surface area contributed by atoms with E-state index >= 15 is 0 Å². The molecule has 0 aliphatic heterocycles. The maximum absolute atomic E-state index is 12.6. The van der Waals surface area contributed by atoms with E-state index in [0.29, 0.717) is 17.6 Å². The van der Waals surface area contributed by atoms with Gasteiger partial charge in [0, 0.05) is 12.5 Å². The summed E-state index contributed by atoms with van der Waals surface area (Å²) in [6.45, 7) is 0.494. The summed E-state index contributed by atoms with van der Waals surface area (Å²) in [6, 6.07) is 27.9. The Morgan fingerprint density at radius 1 is 0.867 bits per heavy atom. The van der Waals surface area contributed by atoms with Crippen LogP contribution >= 0.6 is 0 Å². The van der Waals surface area contributed by atoms with Crippen molar-refractivity contribution < 1.29 is 4.79 Å². The normalized spacial score (nSPS) is 11.0. The van der Waals surface area contributed by atoms with Gasteiger partial charge in [0.05, 0.1) is 17.2 Å². The molecular formula is C25H23N3O2. The first-order valence-electron chi connectivity index (χ1n) is 10.0. The molecule has 4 rings (SSSR count). The second-order valence-electron chi connectivity index (χ2n) is 7.18. The predicted molar refractivity (Wildman–Crippen MR) is 118 cm³/mol. The van der Waals surface area contributed by atoms with Crippen molar-refractivity contribution in [2.24, 2.45) is 0 Å². The Hall–Kier alpha value is -3.73. The summed E-state index contributed by atoms with van der Waals surface area (Å²) in [7, 11) is 0. The van der Waals surface area contributed by atoms with Gasteiger partial charge in [0.2, 0.25) is 5.91 Å². The summed E-state index contributed by atoms with van der Waals surface area (Å²) in [4.78, 5) is 28.9. The number of carbonyl (C=O) groups excluding carboxylic acids is 1. The van der Waals surface area contributed by atoms with Crippen LogP contribution < -0.4 is 10.9 Å². The second kappa shape index (κ2) is 9.18. The number of hydrogen-bond acceptors (Lipinski definition) is 3. The maximum Gasteiger partial charge on any atom is 0.269 e. The van der Waals surface area contributed by atoms with E-state index in [0.717, 1.165) is 6.42 Å². The van der Waals surface area contributed by atoms with E-state index in [2.05, 4.69) is 34.6 Å². The summed E-state index contributed by atoms with van der Waals surface area (Å²) in [5, 5.41) is 2.97. The first-order valence-corrected chi connectivity index (χ1v) is 10.0. The highest BCUT2D eigenvalue weighted by Crippen LogP contribution is 2.27. The minimum absolute atomic E-state index is 0.0246. The highest BCUT2D eigenvalue weighted by molar-refractivity contribution is 5.79. The van der Waals surface area contributed by atoms with Gasteiger partial charge in [0.1, 0.15) is 6.54 Å². The van der Waals surface area contributed by atoms with Gasteiger partial charge < -0.3 is 5.32 Å². The topological polar surface area (TPSA) is 64.0 Å². The molecule has 1 aromatic heterocycles. The SMILES string of the molecule is O=C(Cn1c(=O)cnc2ccccc21)NCCC(c1ccccc1)c1ccccc1. The number of carbonyl (C=O) groups is 1. The van der Waals surface area contributed by atoms with Crippen LogP contribution in [0.25, 0.3) is 11.0 Å². The fraction of sp³-hybridized carbons (Fsp3) is 0.160. The molecule has 0 aliphatic rings. The zero-order chi connectivity index (χ0) is 20.8. The third kappa shape index (κ3) is 4.46. The average Bonchev–Trinajstić information content (AvgIpc) is 2.80. The van der Waals surface area contributed by atoms with Crippen molar-refractivity contribution >= 4 is 16.9 Å². The lowest BCUT2D eigenvalue weighted by Gasteiger charge is -2.18. The molecule has 1 amide bonds. The number of nitrogens with one attached hydrogen (secondary N) is 1. The molecule has 0 radical (unpaired) electrons. The van der Waals surface area contributed by atoms with E-state index < -0.39 is 0 Å². The average molecular weight is 397 g/mol. The van der Waals surface area contributed by atoms with Crippen molar-refractivity contribution in [2.45, 2.75) is 18.9 Å². The second-order valence-corrected chi connectivity index (χ2v) is 7.18. The molecule has 0 atom stereocenters. The van der Waals surface area contributed by atoms with E-state index in [1.165, 1.54) is 21.9 Å². The van der Waals surface area contributed by atoms with Crippen LogP contribution in [0.4, 0.5) is 0 Å². The quantitative estimate of drug-likeness (QED) is 0.517. The molecule has 0 aliphatic carbocycles. The third-order valence-electron chi connectivity index (χ3n) is 5.21. The molecule has 1 N–H and O–H groups in total. The number of fused-ring (bicyclic) bond motifs is 1. The summed E-state index contributed by atoms with van der Waals surface area (Å²) in [5.74, 6) is 0.00510. The Bertz CT molecular complexity index is 1150.